The van der Waals surface area contributed by atoms with E-state index in [1.165, 1.54) is 51.5 Å². The molecule has 1 aromatic heterocycles. The van der Waals surface area contributed by atoms with Gasteiger partial charge in [0.15, 0.2) is 5.03 Å². The van der Waals surface area contributed by atoms with E-state index in [9.17, 15) is 26.7 Å². The predicted molar refractivity (Wildman–Crippen MR) is 129 cm³/mol. The second-order valence-corrected chi connectivity index (χ2v) is 12.6. The molecule has 0 spiro atoms. The average Bonchev–Trinajstić information content (AvgIpc) is 3.22. The van der Waals surface area contributed by atoms with Crippen molar-refractivity contribution in [2.75, 3.05) is 37.7 Å². The highest BCUT2D eigenvalue weighted by molar-refractivity contribution is 7.92. The summed E-state index contributed by atoms with van der Waals surface area (Å²) in [6.07, 6.45) is 3.19. The number of hydrogen-bond acceptors (Lipinski definition) is 8. The second kappa shape index (κ2) is 10.1. The first kappa shape index (κ1) is 26.9. The summed E-state index contributed by atoms with van der Waals surface area (Å²) in [7, 11) is -4.39. The van der Waals surface area contributed by atoms with Crippen molar-refractivity contribution in [2.45, 2.75) is 31.0 Å². The van der Waals surface area contributed by atoms with Crippen LogP contribution in [0.15, 0.2) is 35.7 Å². The highest BCUT2D eigenvalue weighted by Crippen LogP contribution is 2.31. The van der Waals surface area contributed by atoms with E-state index in [4.69, 9.17) is 4.74 Å². The van der Waals surface area contributed by atoms with Crippen molar-refractivity contribution in [2.24, 2.45) is 13.0 Å². The van der Waals surface area contributed by atoms with Gasteiger partial charge >= 0.3 is 0 Å². The maximum atomic E-state index is 13.5. The molecule has 1 amide bonds. The second-order valence-electron chi connectivity index (χ2n) is 8.86. The average molecular weight is 530 g/mol. The first-order chi connectivity index (χ1) is 16.2. The molecule has 0 unspecified atom stereocenters. The molecule has 1 aromatic carbocycles. The number of sulfonamides is 2. The van der Waals surface area contributed by atoms with Crippen molar-refractivity contribution in [3.8, 4) is 5.75 Å². The Balaban J connectivity index is 2.01. The number of imidazole rings is 1. The van der Waals surface area contributed by atoms with E-state index in [1.54, 1.807) is 14.0 Å². The fourth-order valence-electron chi connectivity index (χ4n) is 3.63. The maximum absolute atomic E-state index is 13.5. The Morgan fingerprint density at radius 2 is 2.00 bits per heavy atom. The van der Waals surface area contributed by atoms with Crippen molar-refractivity contribution in [1.29, 1.82) is 0 Å². The summed E-state index contributed by atoms with van der Waals surface area (Å²) in [5.41, 5.74) is 0.215. The van der Waals surface area contributed by atoms with Gasteiger partial charge in [-0.25, -0.2) is 17.7 Å². The molecule has 1 aliphatic rings. The van der Waals surface area contributed by atoms with E-state index < -0.39 is 38.1 Å². The minimum Gasteiger partial charge on any atom is -0.488 e. The van der Waals surface area contributed by atoms with Crippen LogP contribution in [-0.4, -0.2) is 91.8 Å². The zero-order valence-electron chi connectivity index (χ0n) is 20.2. The lowest BCUT2D eigenvalue weighted by molar-refractivity contribution is 0.0387. The largest absolute Gasteiger partial charge is 0.488 e. The molecule has 0 bridgehead atoms. The molecule has 1 aliphatic heterocycles. The highest BCUT2D eigenvalue weighted by Gasteiger charge is 2.34. The van der Waals surface area contributed by atoms with Crippen LogP contribution in [-0.2, 0) is 27.1 Å². The van der Waals surface area contributed by atoms with Gasteiger partial charge in [0.25, 0.3) is 15.9 Å². The van der Waals surface area contributed by atoms with Crippen LogP contribution < -0.4 is 9.46 Å². The third kappa shape index (κ3) is 6.12. The van der Waals surface area contributed by atoms with Crippen molar-refractivity contribution in [3.63, 3.8) is 0 Å². The van der Waals surface area contributed by atoms with Crippen LogP contribution in [0, 0.1) is 5.92 Å². The summed E-state index contributed by atoms with van der Waals surface area (Å²) in [5, 5.41) is 9.56. The molecule has 3 atom stereocenters. The molecule has 0 saturated carbocycles. The third-order valence-corrected chi connectivity index (χ3v) is 8.42. The smallest absolute Gasteiger partial charge is 0.280 e. The number of fused-ring (bicyclic) bond motifs is 1. The summed E-state index contributed by atoms with van der Waals surface area (Å²) in [6, 6.07) is 3.76. The minimum atomic E-state index is -4.00. The van der Waals surface area contributed by atoms with Crippen LogP contribution >= 0.6 is 0 Å². The van der Waals surface area contributed by atoms with Gasteiger partial charge in [-0.1, -0.05) is 6.92 Å². The summed E-state index contributed by atoms with van der Waals surface area (Å²) in [5.74, 6) is -0.529. The van der Waals surface area contributed by atoms with Gasteiger partial charge in [0, 0.05) is 38.4 Å². The Hall–Kier alpha value is -2.68. The maximum Gasteiger partial charge on any atom is 0.280 e. The Bertz CT molecular complexity index is 1290. The Labute approximate surface area is 205 Å². The molecule has 194 valence electrons. The van der Waals surface area contributed by atoms with Crippen molar-refractivity contribution in [3.05, 3.63) is 36.3 Å². The van der Waals surface area contributed by atoms with E-state index in [0.29, 0.717) is 0 Å². The molecule has 2 aromatic rings. The number of carbonyl (C=O) groups is 1. The third-order valence-electron chi connectivity index (χ3n) is 5.88. The van der Waals surface area contributed by atoms with Gasteiger partial charge < -0.3 is 19.3 Å². The van der Waals surface area contributed by atoms with E-state index in [-0.39, 0.29) is 47.6 Å². The molecular formula is C21H31N5O7S2. The summed E-state index contributed by atoms with van der Waals surface area (Å²) >= 11 is 0. The van der Waals surface area contributed by atoms with E-state index in [0.717, 1.165) is 6.26 Å². The number of aliphatic hydroxyl groups excluding tert-OH is 1. The zero-order valence-corrected chi connectivity index (χ0v) is 21.9. The number of ether oxygens (including phenoxy) is 1. The topological polar surface area (TPSA) is 151 Å². The zero-order chi connectivity index (χ0) is 26.1. The van der Waals surface area contributed by atoms with Crippen molar-refractivity contribution >= 4 is 31.6 Å². The molecule has 12 nitrogen and oxygen atoms in total. The Morgan fingerprint density at radius 1 is 1.31 bits per heavy atom. The van der Waals surface area contributed by atoms with Crippen LogP contribution in [0.25, 0.3) is 0 Å². The van der Waals surface area contributed by atoms with Crippen LogP contribution in [0.2, 0.25) is 0 Å². The Morgan fingerprint density at radius 3 is 2.57 bits per heavy atom. The molecular weight excluding hydrogens is 498 g/mol. The minimum absolute atomic E-state index is 0.0447. The van der Waals surface area contributed by atoms with Gasteiger partial charge in [0.05, 0.1) is 37.3 Å². The lowest BCUT2D eigenvalue weighted by Gasteiger charge is -2.38. The number of rotatable bonds is 8. The molecule has 0 saturated heterocycles. The lowest BCUT2D eigenvalue weighted by Crippen LogP contribution is -2.50. The SMILES string of the molecule is C[C@@H]1CN([C@H](C)CO)C(=O)c2cc(NS(=O)(=O)c3cn(C)cn3)ccc2O[C@H]1CN(C)S(C)(=O)=O. The fourth-order valence-corrected chi connectivity index (χ4v) is 5.08. The normalized spacial score (nSPS) is 20.1. The molecule has 0 fully saturated rings. The fraction of sp³-hybridized carbons (Fsp3) is 0.524. The van der Waals surface area contributed by atoms with Gasteiger partial charge in [-0.15, -0.1) is 0 Å². The molecule has 0 aliphatic carbocycles. The molecule has 0 radical (unpaired) electrons. The molecule has 14 heteroatoms. The van der Waals surface area contributed by atoms with Gasteiger partial charge in [0.2, 0.25) is 10.0 Å². The first-order valence-electron chi connectivity index (χ1n) is 10.9. The number of aryl methyl sites for hydroxylation is 1. The van der Waals surface area contributed by atoms with Gasteiger partial charge in [-0.3, -0.25) is 9.52 Å². The van der Waals surface area contributed by atoms with Crippen LogP contribution in [0.1, 0.15) is 24.2 Å². The van der Waals surface area contributed by atoms with Crippen molar-refractivity contribution in [1.82, 2.24) is 18.8 Å². The molecule has 2 N–H and O–H groups in total. The van der Waals surface area contributed by atoms with E-state index in [2.05, 4.69) is 9.71 Å². The number of nitrogens with one attached hydrogen (secondary N) is 1. The monoisotopic (exact) mass is 529 g/mol. The van der Waals surface area contributed by atoms with E-state index >= 15 is 0 Å². The van der Waals surface area contributed by atoms with Crippen LogP contribution in [0.3, 0.4) is 0 Å². The number of likely N-dealkylation sites (N-methyl/N-ethyl adjacent to an activating group) is 1. The molecule has 35 heavy (non-hydrogen) atoms. The van der Waals surface area contributed by atoms with Gasteiger partial charge in [-0.05, 0) is 25.1 Å². The number of amides is 1. The quantitative estimate of drug-likeness (QED) is 0.497. The number of benzene rings is 1. The summed E-state index contributed by atoms with van der Waals surface area (Å²) in [6.45, 7) is 3.49. The van der Waals surface area contributed by atoms with Crippen molar-refractivity contribution < 1.29 is 31.5 Å². The lowest BCUT2D eigenvalue weighted by atomic mass is 9.99. The number of nitrogens with zero attached hydrogens (tertiary/aromatic N) is 4. The number of hydrogen-bond donors (Lipinski definition) is 2. The first-order valence-corrected chi connectivity index (χ1v) is 14.2. The Kier molecular flexibility index (Phi) is 7.79. The van der Waals surface area contributed by atoms with Crippen LogP contribution in [0.4, 0.5) is 5.69 Å². The number of carbonyl (C=O) groups excluding carboxylic acids is 1. The predicted octanol–water partition coefficient (Wildman–Crippen LogP) is 0.332. The van der Waals surface area contributed by atoms with E-state index in [1.807, 2.05) is 6.92 Å². The van der Waals surface area contributed by atoms with Crippen LogP contribution in [0.5, 0.6) is 5.75 Å². The standard InChI is InChI=1S/C21H31N5O7S2/c1-14-9-26(15(2)12-27)21(28)17-8-16(23-35(31,32)20-11-24(3)13-22-20)6-7-18(17)33-19(14)10-25(4)34(5,29)30/h6-8,11,13-15,19,23,27H,9-10,12H2,1-5H3/t14-,15-,19+/m1/s1. The summed E-state index contributed by atoms with van der Waals surface area (Å²) in [4.78, 5) is 18.8. The van der Waals surface area contributed by atoms with Gasteiger partial charge in [0.1, 0.15) is 11.9 Å². The van der Waals surface area contributed by atoms with Gasteiger partial charge in [-0.2, -0.15) is 8.42 Å². The number of aliphatic hydroxyl groups is 1. The highest BCUT2D eigenvalue weighted by atomic mass is 32.2. The number of anilines is 1. The molecule has 2 heterocycles. The number of aromatic nitrogens is 2. The molecule has 3 rings (SSSR count). The summed E-state index contributed by atoms with van der Waals surface area (Å²) < 4.78 is 60.6.